The topological polar surface area (TPSA) is 102 Å². The van der Waals surface area contributed by atoms with E-state index in [9.17, 15) is 19.5 Å². The molecule has 0 aromatic heterocycles. The minimum atomic E-state index is -1.13. The van der Waals surface area contributed by atoms with Crippen molar-refractivity contribution >= 4 is 17.9 Å². The molecule has 0 spiro atoms. The second-order valence-electron chi connectivity index (χ2n) is 12.0. The van der Waals surface area contributed by atoms with E-state index in [4.69, 9.17) is 14.2 Å². The van der Waals surface area contributed by atoms with Crippen molar-refractivity contribution in [2.24, 2.45) is 0 Å². The number of likely N-dealkylation sites (N-methyl/N-ethyl adjacent to an activating group) is 1. The Morgan fingerprint density at radius 3 is 1.83 bits per heavy atom. The number of rotatable bonds is 28. The van der Waals surface area contributed by atoms with Crippen LogP contribution in [0.15, 0.2) is 12.2 Å². The van der Waals surface area contributed by atoms with E-state index in [-0.39, 0.29) is 49.1 Å². The second-order valence-corrected chi connectivity index (χ2v) is 12.0. The highest BCUT2D eigenvalue weighted by Crippen LogP contribution is 2.12. The van der Waals surface area contributed by atoms with E-state index in [1.165, 1.54) is 57.8 Å². The molecular formula is C33H61NO7. The Morgan fingerprint density at radius 2 is 1.24 bits per heavy atom. The first-order valence-corrected chi connectivity index (χ1v) is 16.2. The number of carbonyl (C=O) groups is 3. The number of esters is 2. The van der Waals surface area contributed by atoms with Gasteiger partial charge in [0.05, 0.1) is 40.3 Å². The quantitative estimate of drug-likeness (QED) is 0.0489. The third-order valence-electron chi connectivity index (χ3n) is 7.15. The van der Waals surface area contributed by atoms with Gasteiger partial charge in [-0.05, 0) is 32.1 Å². The number of aliphatic carboxylic acids is 1. The lowest BCUT2D eigenvalue weighted by Crippen LogP contribution is -2.55. The Labute approximate surface area is 250 Å². The third kappa shape index (κ3) is 24.4. The first kappa shape index (κ1) is 39.1. The second kappa shape index (κ2) is 25.8. The molecule has 0 saturated heterocycles. The minimum Gasteiger partial charge on any atom is -0.544 e. The molecule has 41 heavy (non-hydrogen) atoms. The van der Waals surface area contributed by atoms with Crippen molar-refractivity contribution in [3.8, 4) is 0 Å². The zero-order valence-electron chi connectivity index (χ0n) is 27.0. The Balaban J connectivity index is 4.55. The highest BCUT2D eigenvalue weighted by molar-refractivity contribution is 5.70. The van der Waals surface area contributed by atoms with Crippen LogP contribution in [0.3, 0.4) is 0 Å². The standard InChI is InChI=1S/C33H61NO7/c1-6-8-10-12-14-16-18-20-22-24-32(36)41-29(27-39-26-25-30(33(37)38)34(3,4)5)28-40-31(35)23-21-19-17-15-13-11-9-7-2/h16,18,29-30H,6-15,17,19-28H2,1-5H3/b18-16+. The van der Waals surface area contributed by atoms with Crippen LogP contribution in [-0.2, 0) is 28.6 Å². The number of ether oxygens (including phenoxy) is 3. The fraction of sp³-hybridized carbons (Fsp3) is 0.848. The van der Waals surface area contributed by atoms with Crippen LogP contribution in [0.5, 0.6) is 0 Å². The van der Waals surface area contributed by atoms with Gasteiger partial charge < -0.3 is 28.6 Å². The number of carboxylic acids is 1. The number of unbranched alkanes of at least 4 members (excludes halogenated alkanes) is 12. The monoisotopic (exact) mass is 583 g/mol. The third-order valence-corrected chi connectivity index (χ3v) is 7.15. The van der Waals surface area contributed by atoms with E-state index < -0.39 is 18.1 Å². The summed E-state index contributed by atoms with van der Waals surface area (Å²) in [4.78, 5) is 36.3. The molecule has 0 bridgehead atoms. The van der Waals surface area contributed by atoms with Crippen LogP contribution in [0.4, 0.5) is 0 Å². The van der Waals surface area contributed by atoms with Gasteiger partial charge in [0.25, 0.3) is 0 Å². The summed E-state index contributed by atoms with van der Waals surface area (Å²) in [6, 6.07) is -0.722. The first-order chi connectivity index (χ1) is 19.6. The molecule has 0 amide bonds. The number of nitrogens with zero attached hydrogens (tertiary/aromatic N) is 1. The summed E-state index contributed by atoms with van der Waals surface area (Å²) in [6.07, 6.45) is 21.1. The highest BCUT2D eigenvalue weighted by Gasteiger charge is 2.25. The van der Waals surface area contributed by atoms with Crippen molar-refractivity contribution in [2.45, 2.75) is 142 Å². The fourth-order valence-electron chi connectivity index (χ4n) is 4.54. The Bertz CT molecular complexity index is 702. The van der Waals surface area contributed by atoms with Crippen molar-refractivity contribution in [1.29, 1.82) is 0 Å². The maximum Gasteiger partial charge on any atom is 0.306 e. The molecule has 0 fully saturated rings. The molecule has 0 N–H and O–H groups in total. The molecule has 8 heteroatoms. The Hall–Kier alpha value is -1.93. The summed E-state index contributed by atoms with van der Waals surface area (Å²) in [5.41, 5.74) is 0. The van der Waals surface area contributed by atoms with Crippen molar-refractivity contribution in [3.05, 3.63) is 12.2 Å². The predicted molar refractivity (Wildman–Crippen MR) is 162 cm³/mol. The van der Waals surface area contributed by atoms with E-state index in [2.05, 4.69) is 26.0 Å². The lowest BCUT2D eigenvalue weighted by atomic mass is 10.1. The lowest BCUT2D eigenvalue weighted by molar-refractivity contribution is -0.889. The van der Waals surface area contributed by atoms with Gasteiger partial charge in [0.2, 0.25) is 0 Å². The SMILES string of the molecule is CCCCCC/C=C/CCCC(=O)OC(COCCC(C(=O)[O-])[N+](C)(C)C)COC(=O)CCCCCCCCCC. The van der Waals surface area contributed by atoms with Crippen LogP contribution in [-0.4, -0.2) is 75.5 Å². The number of hydrogen-bond donors (Lipinski definition) is 0. The summed E-state index contributed by atoms with van der Waals surface area (Å²) in [5.74, 6) is -1.79. The average Bonchev–Trinajstić information content (AvgIpc) is 2.91. The summed E-state index contributed by atoms with van der Waals surface area (Å²) in [7, 11) is 5.37. The van der Waals surface area contributed by atoms with Crippen LogP contribution in [0.25, 0.3) is 0 Å². The molecule has 0 aliphatic heterocycles. The molecule has 240 valence electrons. The number of allylic oxidation sites excluding steroid dienone is 2. The average molecular weight is 584 g/mol. The largest absolute Gasteiger partial charge is 0.544 e. The normalized spacial score (nSPS) is 13.3. The molecule has 0 heterocycles. The zero-order chi connectivity index (χ0) is 30.8. The Kier molecular flexibility index (Phi) is 24.5. The van der Waals surface area contributed by atoms with Gasteiger partial charge in [-0.15, -0.1) is 0 Å². The van der Waals surface area contributed by atoms with Crippen LogP contribution in [0, 0.1) is 0 Å². The predicted octanol–water partition coefficient (Wildman–Crippen LogP) is 5.90. The van der Waals surface area contributed by atoms with E-state index in [1.54, 1.807) is 21.1 Å². The maximum atomic E-state index is 12.5. The molecule has 0 aromatic rings. The van der Waals surface area contributed by atoms with Crippen molar-refractivity contribution < 1.29 is 38.2 Å². The van der Waals surface area contributed by atoms with E-state index in [0.717, 1.165) is 32.1 Å². The molecule has 2 unspecified atom stereocenters. The first-order valence-electron chi connectivity index (χ1n) is 16.2. The molecular weight excluding hydrogens is 522 g/mol. The molecule has 0 aliphatic carbocycles. The van der Waals surface area contributed by atoms with Crippen molar-refractivity contribution in [3.63, 3.8) is 0 Å². The van der Waals surface area contributed by atoms with Crippen LogP contribution >= 0.6 is 0 Å². The molecule has 8 nitrogen and oxygen atoms in total. The number of hydrogen-bond acceptors (Lipinski definition) is 7. The summed E-state index contributed by atoms with van der Waals surface area (Å²) < 4.78 is 16.9. The minimum absolute atomic E-state index is 0.0331. The lowest BCUT2D eigenvalue weighted by Gasteiger charge is -2.34. The van der Waals surface area contributed by atoms with Crippen molar-refractivity contribution in [2.75, 3.05) is 41.0 Å². The molecule has 0 rings (SSSR count). The van der Waals surface area contributed by atoms with Gasteiger partial charge in [-0.25, -0.2) is 0 Å². The summed E-state index contributed by atoms with van der Waals surface area (Å²) >= 11 is 0. The van der Waals surface area contributed by atoms with Crippen LogP contribution in [0.1, 0.15) is 129 Å². The molecule has 0 saturated carbocycles. The number of carbonyl (C=O) groups excluding carboxylic acids is 3. The van der Waals surface area contributed by atoms with Gasteiger partial charge >= 0.3 is 11.9 Å². The van der Waals surface area contributed by atoms with Gasteiger partial charge in [-0.3, -0.25) is 9.59 Å². The van der Waals surface area contributed by atoms with Gasteiger partial charge in [-0.2, -0.15) is 0 Å². The highest BCUT2D eigenvalue weighted by atomic mass is 16.6. The Morgan fingerprint density at radius 1 is 0.707 bits per heavy atom. The van der Waals surface area contributed by atoms with Gasteiger partial charge in [0.15, 0.2) is 6.10 Å². The van der Waals surface area contributed by atoms with Gasteiger partial charge in [-0.1, -0.05) is 90.2 Å². The molecule has 0 aromatic carbocycles. The molecule has 0 radical (unpaired) electrons. The van der Waals surface area contributed by atoms with E-state index in [1.807, 2.05) is 0 Å². The van der Waals surface area contributed by atoms with Crippen molar-refractivity contribution in [1.82, 2.24) is 0 Å². The zero-order valence-corrected chi connectivity index (χ0v) is 27.0. The maximum absolute atomic E-state index is 12.5. The number of carboxylic acid groups (broad SMARTS) is 1. The smallest absolute Gasteiger partial charge is 0.306 e. The molecule has 2 atom stereocenters. The van der Waals surface area contributed by atoms with Crippen LogP contribution < -0.4 is 5.11 Å². The van der Waals surface area contributed by atoms with E-state index in [0.29, 0.717) is 12.8 Å². The molecule has 0 aliphatic rings. The summed E-state index contributed by atoms with van der Waals surface area (Å²) in [5, 5.41) is 11.5. The number of quaternary nitrogens is 1. The summed E-state index contributed by atoms with van der Waals surface area (Å²) in [6.45, 7) is 4.53. The fourth-order valence-corrected chi connectivity index (χ4v) is 4.54. The van der Waals surface area contributed by atoms with Gasteiger partial charge in [0.1, 0.15) is 12.6 Å². The van der Waals surface area contributed by atoms with Gasteiger partial charge in [0, 0.05) is 19.3 Å². The van der Waals surface area contributed by atoms with E-state index >= 15 is 0 Å². The van der Waals surface area contributed by atoms with Crippen LogP contribution in [0.2, 0.25) is 0 Å².